The molecule has 27 heavy (non-hydrogen) atoms. The summed E-state index contributed by atoms with van der Waals surface area (Å²) >= 11 is 7.77. The number of halogens is 1. The number of hydrogen-bond donors (Lipinski definition) is 1. The zero-order valence-corrected chi connectivity index (χ0v) is 17.2. The van der Waals surface area contributed by atoms with Crippen LogP contribution in [0.5, 0.6) is 5.75 Å². The lowest BCUT2D eigenvalue weighted by atomic mass is 10.1. The van der Waals surface area contributed by atoms with E-state index in [1.165, 1.54) is 16.2 Å². The summed E-state index contributed by atoms with van der Waals surface area (Å²) in [6, 6.07) is 13.4. The molecule has 0 bridgehead atoms. The average Bonchev–Trinajstić information content (AvgIpc) is 3.09. The van der Waals surface area contributed by atoms with Crippen molar-refractivity contribution in [1.29, 1.82) is 0 Å². The van der Waals surface area contributed by atoms with Gasteiger partial charge in [-0.05, 0) is 17.7 Å². The minimum Gasteiger partial charge on any atom is -0.494 e. The van der Waals surface area contributed by atoms with Crippen LogP contribution in [0.1, 0.15) is 5.56 Å². The molecule has 0 aliphatic heterocycles. The standard InChI is InChI=1S/C20H22ClN3O2S/c1-23(2)11-12-24(17(25)13-14-7-5-4-6-8-14)20-22-18-16(26-3)10-9-15(21)19(18)27-20/h4-10H,11-13H2,1-3H3/p+1. The van der Waals surface area contributed by atoms with E-state index in [-0.39, 0.29) is 5.91 Å². The topological polar surface area (TPSA) is 46.9 Å². The lowest BCUT2D eigenvalue weighted by Gasteiger charge is -2.20. The normalized spacial score (nSPS) is 11.1. The highest BCUT2D eigenvalue weighted by molar-refractivity contribution is 7.23. The first kappa shape index (κ1) is 19.6. The Bertz CT molecular complexity index is 928. The van der Waals surface area contributed by atoms with Gasteiger partial charge in [-0.1, -0.05) is 53.3 Å². The van der Waals surface area contributed by atoms with Crippen LogP contribution in [0.3, 0.4) is 0 Å². The molecule has 5 nitrogen and oxygen atoms in total. The lowest BCUT2D eigenvalue weighted by Crippen LogP contribution is -3.06. The summed E-state index contributed by atoms with van der Waals surface area (Å²) in [6.45, 7) is 1.41. The van der Waals surface area contributed by atoms with Gasteiger partial charge in [0.15, 0.2) is 5.13 Å². The summed E-state index contributed by atoms with van der Waals surface area (Å²) in [6.07, 6.45) is 0.338. The Morgan fingerprint density at radius 2 is 1.96 bits per heavy atom. The quantitative estimate of drug-likeness (QED) is 0.658. The number of likely N-dealkylation sites (N-methyl/N-ethyl adjacent to an activating group) is 1. The van der Waals surface area contributed by atoms with Crippen molar-refractivity contribution in [2.24, 2.45) is 0 Å². The zero-order chi connectivity index (χ0) is 19.4. The maximum atomic E-state index is 13.1. The minimum atomic E-state index is 0.0246. The van der Waals surface area contributed by atoms with Crippen LogP contribution >= 0.6 is 22.9 Å². The fraction of sp³-hybridized carbons (Fsp3) is 0.300. The molecule has 0 aliphatic rings. The number of anilines is 1. The number of methoxy groups -OCH3 is 1. The first-order chi connectivity index (χ1) is 13.0. The number of carbonyl (C=O) groups excluding carboxylic acids is 1. The smallest absolute Gasteiger partial charge is 0.233 e. The molecule has 3 aromatic rings. The van der Waals surface area contributed by atoms with Gasteiger partial charge in [0.1, 0.15) is 11.3 Å². The van der Waals surface area contributed by atoms with Gasteiger partial charge in [-0.15, -0.1) is 0 Å². The maximum Gasteiger partial charge on any atom is 0.233 e. The SMILES string of the molecule is COc1ccc(Cl)c2sc(N(CC[NH+](C)C)C(=O)Cc3ccccc3)nc12. The molecule has 0 saturated heterocycles. The number of carbonyl (C=O) groups is 1. The highest BCUT2D eigenvalue weighted by Crippen LogP contribution is 2.38. The average molecular weight is 405 g/mol. The highest BCUT2D eigenvalue weighted by atomic mass is 35.5. The molecule has 1 N–H and O–H groups in total. The van der Waals surface area contributed by atoms with Crippen LogP contribution in [-0.2, 0) is 11.2 Å². The fourth-order valence-corrected chi connectivity index (χ4v) is 4.05. The van der Waals surface area contributed by atoms with E-state index >= 15 is 0 Å². The number of rotatable bonds is 7. The molecule has 3 rings (SSSR count). The van der Waals surface area contributed by atoms with E-state index < -0.39 is 0 Å². The van der Waals surface area contributed by atoms with Gasteiger partial charge in [0.2, 0.25) is 5.91 Å². The largest absolute Gasteiger partial charge is 0.494 e. The predicted octanol–water partition coefficient (Wildman–Crippen LogP) is 2.68. The molecule has 0 aliphatic carbocycles. The lowest BCUT2D eigenvalue weighted by molar-refractivity contribution is -0.856. The molecular formula is C20H23ClN3O2S+. The van der Waals surface area contributed by atoms with E-state index in [0.29, 0.717) is 34.4 Å². The van der Waals surface area contributed by atoms with Gasteiger partial charge < -0.3 is 9.64 Å². The van der Waals surface area contributed by atoms with Crippen LogP contribution in [0, 0.1) is 0 Å². The summed E-state index contributed by atoms with van der Waals surface area (Å²) in [5, 5.41) is 1.27. The third-order valence-electron chi connectivity index (χ3n) is 4.23. The van der Waals surface area contributed by atoms with E-state index in [9.17, 15) is 4.79 Å². The summed E-state index contributed by atoms with van der Waals surface area (Å²) in [5.74, 6) is 0.683. The van der Waals surface area contributed by atoms with Crippen molar-refractivity contribution >= 4 is 44.2 Å². The number of nitrogens with zero attached hydrogens (tertiary/aromatic N) is 2. The van der Waals surface area contributed by atoms with Crippen molar-refractivity contribution in [3.8, 4) is 5.75 Å². The molecular weight excluding hydrogens is 382 g/mol. The van der Waals surface area contributed by atoms with Gasteiger partial charge in [-0.25, -0.2) is 4.98 Å². The Morgan fingerprint density at radius 3 is 2.63 bits per heavy atom. The van der Waals surface area contributed by atoms with E-state index in [0.717, 1.165) is 16.8 Å². The minimum absolute atomic E-state index is 0.0246. The number of amides is 1. The monoisotopic (exact) mass is 404 g/mol. The van der Waals surface area contributed by atoms with Crippen LogP contribution < -0.4 is 14.5 Å². The molecule has 0 atom stereocenters. The van der Waals surface area contributed by atoms with Crippen LogP contribution in [0.15, 0.2) is 42.5 Å². The van der Waals surface area contributed by atoms with Crippen molar-refractivity contribution < 1.29 is 14.4 Å². The van der Waals surface area contributed by atoms with Crippen LogP contribution in [0.25, 0.3) is 10.2 Å². The number of hydrogen-bond acceptors (Lipinski definition) is 4. The second-order valence-electron chi connectivity index (χ2n) is 6.59. The molecule has 0 radical (unpaired) electrons. The van der Waals surface area contributed by atoms with Gasteiger partial charge in [0, 0.05) is 0 Å². The third kappa shape index (κ3) is 4.58. The van der Waals surface area contributed by atoms with Crippen molar-refractivity contribution in [2.75, 3.05) is 39.2 Å². The highest BCUT2D eigenvalue weighted by Gasteiger charge is 2.22. The Labute approximate surface area is 168 Å². The number of nitrogens with one attached hydrogen (secondary N) is 1. The molecule has 1 amide bonds. The third-order valence-corrected chi connectivity index (χ3v) is 5.77. The van der Waals surface area contributed by atoms with Gasteiger partial charge >= 0.3 is 0 Å². The number of thiazole rings is 1. The Morgan fingerprint density at radius 1 is 1.22 bits per heavy atom. The van der Waals surface area contributed by atoms with Crippen molar-refractivity contribution in [2.45, 2.75) is 6.42 Å². The van der Waals surface area contributed by atoms with Gasteiger partial charge in [-0.2, -0.15) is 0 Å². The van der Waals surface area contributed by atoms with E-state index in [1.54, 1.807) is 24.1 Å². The zero-order valence-electron chi connectivity index (χ0n) is 15.7. The predicted molar refractivity (Wildman–Crippen MR) is 111 cm³/mol. The van der Waals surface area contributed by atoms with Crippen molar-refractivity contribution in [3.63, 3.8) is 0 Å². The molecule has 1 heterocycles. The number of aromatic nitrogens is 1. The summed E-state index contributed by atoms with van der Waals surface area (Å²) in [7, 11) is 5.74. The second-order valence-corrected chi connectivity index (χ2v) is 7.97. The summed E-state index contributed by atoms with van der Waals surface area (Å²) < 4.78 is 6.24. The number of ether oxygens (including phenoxy) is 1. The maximum absolute atomic E-state index is 13.1. The Balaban J connectivity index is 1.96. The molecule has 0 fully saturated rings. The molecule has 0 unspecified atom stereocenters. The number of benzene rings is 2. The second kappa shape index (κ2) is 8.69. The Kier molecular flexibility index (Phi) is 6.31. The fourth-order valence-electron chi connectivity index (χ4n) is 2.75. The Hall–Kier alpha value is -2.15. The molecule has 7 heteroatoms. The molecule has 2 aromatic carbocycles. The van der Waals surface area contributed by atoms with Crippen LogP contribution in [0.4, 0.5) is 5.13 Å². The van der Waals surface area contributed by atoms with Gasteiger partial charge in [0.25, 0.3) is 0 Å². The number of quaternary nitrogens is 1. The molecule has 0 spiro atoms. The number of fused-ring (bicyclic) bond motifs is 1. The van der Waals surface area contributed by atoms with Crippen LogP contribution in [-0.4, -0.2) is 45.2 Å². The molecule has 1 aromatic heterocycles. The molecule has 142 valence electrons. The first-order valence-electron chi connectivity index (χ1n) is 8.76. The van der Waals surface area contributed by atoms with E-state index in [4.69, 9.17) is 21.3 Å². The molecule has 0 saturated carbocycles. The van der Waals surface area contributed by atoms with Gasteiger partial charge in [0.05, 0.1) is 50.4 Å². The summed E-state index contributed by atoms with van der Waals surface area (Å²) in [5.41, 5.74) is 1.68. The van der Waals surface area contributed by atoms with E-state index in [1.807, 2.05) is 30.3 Å². The summed E-state index contributed by atoms with van der Waals surface area (Å²) in [4.78, 5) is 20.8. The van der Waals surface area contributed by atoms with Crippen molar-refractivity contribution in [1.82, 2.24) is 4.98 Å². The van der Waals surface area contributed by atoms with Crippen molar-refractivity contribution in [3.05, 3.63) is 53.1 Å². The van der Waals surface area contributed by atoms with Gasteiger partial charge in [-0.3, -0.25) is 9.69 Å². The van der Waals surface area contributed by atoms with E-state index in [2.05, 4.69) is 14.1 Å². The first-order valence-corrected chi connectivity index (χ1v) is 9.95. The van der Waals surface area contributed by atoms with Crippen LogP contribution in [0.2, 0.25) is 5.02 Å².